The van der Waals surface area contributed by atoms with Gasteiger partial charge < -0.3 is 14.3 Å². The minimum Gasteiger partial charge on any atom is -0.488 e. The Morgan fingerprint density at radius 2 is 1.89 bits per heavy atom. The van der Waals surface area contributed by atoms with Crippen LogP contribution in [0.15, 0.2) is 76.2 Å². The molecule has 0 bridgehead atoms. The first-order valence-corrected chi connectivity index (χ1v) is 11.1. The standard InChI is InChI=1S/C24H16IN3O7/c25-19-9-15(3-7-21(19)34-13-14-1-4-16(5-2-14)24(30)31)12-26-27-23(29)22-11-17-10-18(28(32)33)6-8-20(17)35-22/h1-12H,13H2,(H,27,29)(H,30,31)/b26-12-. The van der Waals surface area contributed by atoms with Crippen molar-refractivity contribution < 1.29 is 28.8 Å². The van der Waals surface area contributed by atoms with Crippen molar-refractivity contribution in [3.8, 4) is 5.75 Å². The zero-order chi connectivity index (χ0) is 24.9. The molecule has 35 heavy (non-hydrogen) atoms. The molecule has 0 aliphatic heterocycles. The van der Waals surface area contributed by atoms with Gasteiger partial charge in [0.05, 0.1) is 20.3 Å². The Bertz CT molecular complexity index is 1460. The fourth-order valence-corrected chi connectivity index (χ4v) is 3.79. The summed E-state index contributed by atoms with van der Waals surface area (Å²) in [5, 5.41) is 24.2. The zero-order valence-electron chi connectivity index (χ0n) is 17.8. The van der Waals surface area contributed by atoms with Crippen LogP contribution < -0.4 is 10.2 Å². The first-order chi connectivity index (χ1) is 16.8. The highest BCUT2D eigenvalue weighted by Gasteiger charge is 2.14. The first kappa shape index (κ1) is 23.9. The fraction of sp³-hybridized carbons (Fsp3) is 0.0417. The normalized spacial score (nSPS) is 11.0. The van der Waals surface area contributed by atoms with Gasteiger partial charge in [-0.1, -0.05) is 12.1 Å². The second-order valence-corrected chi connectivity index (χ2v) is 8.43. The average molecular weight is 585 g/mol. The van der Waals surface area contributed by atoms with Crippen molar-refractivity contribution in [3.05, 3.63) is 103 Å². The number of ether oxygens (including phenoxy) is 1. The number of non-ortho nitro benzene ring substituents is 1. The topological polar surface area (TPSA) is 144 Å². The number of hydrogen-bond acceptors (Lipinski definition) is 7. The molecule has 0 aliphatic rings. The molecule has 1 heterocycles. The molecule has 0 saturated heterocycles. The van der Waals surface area contributed by atoms with Crippen molar-refractivity contribution in [2.75, 3.05) is 0 Å². The predicted molar refractivity (Wildman–Crippen MR) is 135 cm³/mol. The van der Waals surface area contributed by atoms with E-state index in [-0.39, 0.29) is 23.6 Å². The molecule has 0 fully saturated rings. The second kappa shape index (κ2) is 10.3. The van der Waals surface area contributed by atoms with Crippen molar-refractivity contribution in [2.45, 2.75) is 6.61 Å². The smallest absolute Gasteiger partial charge is 0.335 e. The van der Waals surface area contributed by atoms with Gasteiger partial charge in [-0.25, -0.2) is 10.2 Å². The Hall–Kier alpha value is -4.26. The van der Waals surface area contributed by atoms with Crippen LogP contribution in [0.3, 0.4) is 0 Å². The Kier molecular flexibility index (Phi) is 7.06. The van der Waals surface area contributed by atoms with E-state index >= 15 is 0 Å². The molecule has 2 N–H and O–H groups in total. The van der Waals surface area contributed by atoms with Crippen LogP contribution in [0.5, 0.6) is 5.75 Å². The summed E-state index contributed by atoms with van der Waals surface area (Å²) in [7, 11) is 0. The van der Waals surface area contributed by atoms with Gasteiger partial charge >= 0.3 is 11.9 Å². The van der Waals surface area contributed by atoms with Gasteiger partial charge in [0.25, 0.3) is 5.69 Å². The van der Waals surface area contributed by atoms with Gasteiger partial charge in [0.15, 0.2) is 5.76 Å². The Labute approximate surface area is 211 Å². The van der Waals surface area contributed by atoms with E-state index in [1.54, 1.807) is 24.3 Å². The molecular formula is C24H16IN3O7. The number of amides is 1. The lowest BCUT2D eigenvalue weighted by Crippen LogP contribution is -2.16. The van der Waals surface area contributed by atoms with Crippen molar-refractivity contribution >= 4 is 57.3 Å². The number of rotatable bonds is 8. The van der Waals surface area contributed by atoms with Crippen LogP contribution in [0.2, 0.25) is 0 Å². The number of nitro benzene ring substituents is 1. The van der Waals surface area contributed by atoms with E-state index in [9.17, 15) is 19.7 Å². The molecule has 3 aromatic carbocycles. The lowest BCUT2D eigenvalue weighted by atomic mass is 10.1. The van der Waals surface area contributed by atoms with Crippen LogP contribution in [-0.2, 0) is 6.61 Å². The van der Waals surface area contributed by atoms with Gasteiger partial charge in [0.2, 0.25) is 0 Å². The number of carbonyl (C=O) groups is 2. The lowest BCUT2D eigenvalue weighted by Gasteiger charge is -2.09. The molecular weight excluding hydrogens is 569 g/mol. The summed E-state index contributed by atoms with van der Waals surface area (Å²) >= 11 is 2.12. The summed E-state index contributed by atoms with van der Waals surface area (Å²) < 4.78 is 12.1. The Morgan fingerprint density at radius 1 is 1.11 bits per heavy atom. The molecule has 10 nitrogen and oxygen atoms in total. The van der Waals surface area contributed by atoms with Crippen molar-refractivity contribution in [1.82, 2.24) is 5.43 Å². The highest BCUT2D eigenvalue weighted by Crippen LogP contribution is 2.25. The minimum absolute atomic E-state index is 0.0210. The Morgan fingerprint density at radius 3 is 2.57 bits per heavy atom. The number of hydrogen-bond donors (Lipinski definition) is 2. The summed E-state index contributed by atoms with van der Waals surface area (Å²) in [5.41, 5.74) is 4.38. The Balaban J connectivity index is 1.35. The number of fused-ring (bicyclic) bond motifs is 1. The van der Waals surface area contributed by atoms with E-state index in [1.807, 2.05) is 6.07 Å². The number of carbonyl (C=O) groups excluding carboxylic acids is 1. The number of carboxylic acids is 1. The third-order valence-electron chi connectivity index (χ3n) is 4.87. The van der Waals surface area contributed by atoms with Crippen LogP contribution in [-0.4, -0.2) is 28.1 Å². The van der Waals surface area contributed by atoms with Gasteiger partial charge in [0, 0.05) is 17.5 Å². The van der Waals surface area contributed by atoms with Crippen LogP contribution in [0.4, 0.5) is 5.69 Å². The number of benzene rings is 3. The minimum atomic E-state index is -0.982. The number of furan rings is 1. The van der Waals surface area contributed by atoms with E-state index in [1.165, 1.54) is 42.6 Å². The van der Waals surface area contributed by atoms with Crippen molar-refractivity contribution in [1.29, 1.82) is 0 Å². The third kappa shape index (κ3) is 5.81. The first-order valence-electron chi connectivity index (χ1n) is 10.1. The van der Waals surface area contributed by atoms with E-state index < -0.39 is 16.8 Å². The summed E-state index contributed by atoms with van der Waals surface area (Å²) in [6.07, 6.45) is 1.46. The van der Waals surface area contributed by atoms with Crippen molar-refractivity contribution in [3.63, 3.8) is 0 Å². The highest BCUT2D eigenvalue weighted by molar-refractivity contribution is 14.1. The molecule has 4 aromatic rings. The maximum atomic E-state index is 12.3. The number of aromatic carboxylic acids is 1. The third-order valence-corrected chi connectivity index (χ3v) is 5.71. The maximum absolute atomic E-state index is 12.3. The molecule has 0 aliphatic carbocycles. The number of nitrogens with one attached hydrogen (secondary N) is 1. The molecule has 0 saturated carbocycles. The zero-order valence-corrected chi connectivity index (χ0v) is 20.0. The summed E-state index contributed by atoms with van der Waals surface area (Å²) in [4.78, 5) is 33.6. The molecule has 0 spiro atoms. The second-order valence-electron chi connectivity index (χ2n) is 7.27. The number of halogens is 1. The van der Waals surface area contributed by atoms with Crippen LogP contribution in [0, 0.1) is 13.7 Å². The van der Waals surface area contributed by atoms with Gasteiger partial charge in [-0.2, -0.15) is 5.10 Å². The molecule has 1 aromatic heterocycles. The largest absolute Gasteiger partial charge is 0.488 e. The molecule has 1 amide bonds. The maximum Gasteiger partial charge on any atom is 0.335 e. The van der Waals surface area contributed by atoms with E-state index in [2.05, 4.69) is 33.1 Å². The van der Waals surface area contributed by atoms with Gasteiger partial charge in [-0.05, 0) is 76.2 Å². The lowest BCUT2D eigenvalue weighted by molar-refractivity contribution is -0.384. The number of nitro groups is 1. The van der Waals surface area contributed by atoms with Crippen molar-refractivity contribution in [2.24, 2.45) is 5.10 Å². The molecule has 11 heteroatoms. The molecule has 0 unspecified atom stereocenters. The molecule has 0 atom stereocenters. The average Bonchev–Trinajstić information content (AvgIpc) is 3.27. The highest BCUT2D eigenvalue weighted by atomic mass is 127. The summed E-state index contributed by atoms with van der Waals surface area (Å²) in [5.74, 6) is -0.953. The van der Waals surface area contributed by atoms with Crippen LogP contribution in [0.25, 0.3) is 11.0 Å². The number of nitrogens with zero attached hydrogens (tertiary/aromatic N) is 2. The van der Waals surface area contributed by atoms with Gasteiger partial charge in [-0.3, -0.25) is 14.9 Å². The summed E-state index contributed by atoms with van der Waals surface area (Å²) in [6, 6.07) is 17.3. The van der Waals surface area contributed by atoms with E-state index in [0.717, 1.165) is 9.13 Å². The monoisotopic (exact) mass is 585 g/mol. The van der Waals surface area contributed by atoms with E-state index in [0.29, 0.717) is 22.3 Å². The quantitative estimate of drug-likeness (QED) is 0.128. The van der Waals surface area contributed by atoms with Crippen LogP contribution in [0.1, 0.15) is 32.0 Å². The predicted octanol–water partition coefficient (Wildman–Crippen LogP) is 4.99. The van der Waals surface area contributed by atoms with Gasteiger partial charge in [-0.15, -0.1) is 0 Å². The SMILES string of the molecule is O=C(O)c1ccc(COc2ccc(/C=N\NC(=O)c3cc4cc([N+](=O)[O-])ccc4o3)cc2I)cc1. The van der Waals surface area contributed by atoms with E-state index in [4.69, 9.17) is 14.3 Å². The van der Waals surface area contributed by atoms with Gasteiger partial charge in [0.1, 0.15) is 17.9 Å². The van der Waals surface area contributed by atoms with Crippen LogP contribution >= 0.6 is 22.6 Å². The fourth-order valence-electron chi connectivity index (χ4n) is 3.10. The summed E-state index contributed by atoms with van der Waals surface area (Å²) in [6.45, 7) is 0.278. The molecule has 176 valence electrons. The number of hydrazone groups is 1. The molecule has 4 rings (SSSR count). The number of carboxylic acid groups (broad SMARTS) is 1. The molecule has 0 radical (unpaired) electrons.